The number of nitrogens with zero attached hydrogens (tertiary/aromatic N) is 3. The molecule has 0 spiro atoms. The third-order valence-electron chi connectivity index (χ3n) is 2.39. The Morgan fingerprint density at radius 3 is 2.89 bits per heavy atom. The van der Waals surface area contributed by atoms with Crippen LogP contribution >= 0.6 is 11.8 Å². The Hall–Kier alpha value is -1.89. The molecule has 0 atom stereocenters. The fourth-order valence-electron chi connectivity index (χ4n) is 1.38. The zero-order chi connectivity index (χ0) is 13.1. The molecule has 0 saturated heterocycles. The standard InChI is InChI=1S/C11H12FN5S/c1-17-6-15-16-11(17)18-5-8-3-2-7(10(13)14)4-9(8)12/h2-4,6H,5H2,1H3,(H3,13,14). The van der Waals surface area contributed by atoms with E-state index in [-0.39, 0.29) is 11.7 Å². The molecule has 18 heavy (non-hydrogen) atoms. The third-order valence-corrected chi connectivity index (χ3v) is 3.47. The van der Waals surface area contributed by atoms with Crippen LogP contribution in [0.3, 0.4) is 0 Å². The molecule has 2 aromatic rings. The quantitative estimate of drug-likeness (QED) is 0.499. The molecule has 0 unspecified atom stereocenters. The third kappa shape index (κ3) is 2.67. The second-order valence-electron chi connectivity index (χ2n) is 3.73. The van der Waals surface area contributed by atoms with Crippen LogP contribution in [0.2, 0.25) is 0 Å². The minimum atomic E-state index is -0.364. The number of nitrogens with one attached hydrogen (secondary N) is 1. The number of benzene rings is 1. The van der Waals surface area contributed by atoms with Gasteiger partial charge in [-0.25, -0.2) is 4.39 Å². The van der Waals surface area contributed by atoms with Gasteiger partial charge in [-0.1, -0.05) is 23.9 Å². The van der Waals surface area contributed by atoms with Crippen LogP contribution < -0.4 is 5.73 Å². The van der Waals surface area contributed by atoms with Crippen LogP contribution in [0.25, 0.3) is 0 Å². The van der Waals surface area contributed by atoms with E-state index in [1.165, 1.54) is 17.8 Å². The zero-order valence-corrected chi connectivity index (χ0v) is 10.5. The molecule has 0 fully saturated rings. The summed E-state index contributed by atoms with van der Waals surface area (Å²) in [6.45, 7) is 0. The van der Waals surface area contributed by atoms with E-state index in [1.807, 2.05) is 7.05 Å². The van der Waals surface area contributed by atoms with Gasteiger partial charge in [0.25, 0.3) is 0 Å². The fourth-order valence-corrected chi connectivity index (χ4v) is 2.25. The molecule has 1 aromatic heterocycles. The molecule has 0 amide bonds. The van der Waals surface area contributed by atoms with E-state index in [1.54, 1.807) is 23.0 Å². The lowest BCUT2D eigenvalue weighted by molar-refractivity contribution is 0.617. The molecule has 7 heteroatoms. The van der Waals surface area contributed by atoms with Gasteiger partial charge in [-0.05, 0) is 11.6 Å². The van der Waals surface area contributed by atoms with Gasteiger partial charge in [0.05, 0.1) is 0 Å². The number of aromatic nitrogens is 3. The molecule has 3 N–H and O–H groups in total. The van der Waals surface area contributed by atoms with Gasteiger partial charge in [0, 0.05) is 18.4 Å². The number of hydrogen-bond donors (Lipinski definition) is 2. The summed E-state index contributed by atoms with van der Waals surface area (Å²) in [5.74, 6) is -0.0462. The van der Waals surface area contributed by atoms with Crippen molar-refractivity contribution in [2.75, 3.05) is 0 Å². The van der Waals surface area contributed by atoms with Crippen LogP contribution in [-0.4, -0.2) is 20.6 Å². The molecule has 0 saturated carbocycles. The van der Waals surface area contributed by atoms with Crippen molar-refractivity contribution in [3.8, 4) is 0 Å². The van der Waals surface area contributed by atoms with E-state index in [0.717, 1.165) is 5.16 Å². The lowest BCUT2D eigenvalue weighted by Gasteiger charge is -2.05. The van der Waals surface area contributed by atoms with Crippen molar-refractivity contribution < 1.29 is 4.39 Å². The first kappa shape index (κ1) is 12.6. The molecule has 0 bridgehead atoms. The Morgan fingerprint density at radius 1 is 1.56 bits per heavy atom. The maximum absolute atomic E-state index is 13.7. The van der Waals surface area contributed by atoms with E-state index in [4.69, 9.17) is 11.1 Å². The molecule has 0 aliphatic carbocycles. The number of amidine groups is 1. The molecular formula is C11H12FN5S. The predicted molar refractivity (Wildman–Crippen MR) is 68.0 cm³/mol. The second kappa shape index (κ2) is 5.18. The van der Waals surface area contributed by atoms with Crippen molar-refractivity contribution in [3.05, 3.63) is 41.5 Å². The van der Waals surface area contributed by atoms with Crippen molar-refractivity contribution in [2.45, 2.75) is 10.9 Å². The van der Waals surface area contributed by atoms with Gasteiger partial charge in [-0.2, -0.15) is 0 Å². The monoisotopic (exact) mass is 265 g/mol. The Labute approximate surface area is 108 Å². The van der Waals surface area contributed by atoms with Crippen LogP contribution in [0.1, 0.15) is 11.1 Å². The smallest absolute Gasteiger partial charge is 0.191 e. The summed E-state index contributed by atoms with van der Waals surface area (Å²) < 4.78 is 15.5. The molecule has 0 radical (unpaired) electrons. The molecule has 94 valence electrons. The average molecular weight is 265 g/mol. The van der Waals surface area contributed by atoms with Crippen molar-refractivity contribution in [3.63, 3.8) is 0 Å². The highest BCUT2D eigenvalue weighted by Gasteiger charge is 2.08. The SMILES string of the molecule is Cn1cnnc1SCc1ccc(C(=N)N)cc1F. The van der Waals surface area contributed by atoms with Crippen LogP contribution in [0.4, 0.5) is 4.39 Å². The first-order chi connectivity index (χ1) is 8.58. The zero-order valence-electron chi connectivity index (χ0n) is 9.72. The fraction of sp³-hybridized carbons (Fsp3) is 0.182. The normalized spacial score (nSPS) is 10.6. The molecular weight excluding hydrogens is 253 g/mol. The molecule has 1 aromatic carbocycles. The van der Waals surface area contributed by atoms with Crippen LogP contribution in [-0.2, 0) is 12.8 Å². The maximum Gasteiger partial charge on any atom is 0.191 e. The van der Waals surface area contributed by atoms with Crippen molar-refractivity contribution >= 4 is 17.6 Å². The van der Waals surface area contributed by atoms with E-state index in [9.17, 15) is 4.39 Å². The second-order valence-corrected chi connectivity index (χ2v) is 4.68. The van der Waals surface area contributed by atoms with Gasteiger partial charge < -0.3 is 10.3 Å². The summed E-state index contributed by atoms with van der Waals surface area (Å²) in [4.78, 5) is 0. The van der Waals surface area contributed by atoms with Crippen LogP contribution in [0.5, 0.6) is 0 Å². The number of thioether (sulfide) groups is 1. The highest BCUT2D eigenvalue weighted by atomic mass is 32.2. The summed E-state index contributed by atoms with van der Waals surface area (Å²) in [6.07, 6.45) is 1.59. The highest BCUT2D eigenvalue weighted by molar-refractivity contribution is 7.98. The number of hydrogen-bond acceptors (Lipinski definition) is 4. The lowest BCUT2D eigenvalue weighted by Crippen LogP contribution is -2.11. The van der Waals surface area contributed by atoms with Crippen LogP contribution in [0.15, 0.2) is 29.7 Å². The number of aryl methyl sites for hydroxylation is 1. The van der Waals surface area contributed by atoms with Gasteiger partial charge in [-0.3, -0.25) is 5.41 Å². The van der Waals surface area contributed by atoms with E-state index in [0.29, 0.717) is 16.9 Å². The van der Waals surface area contributed by atoms with E-state index >= 15 is 0 Å². The summed E-state index contributed by atoms with van der Waals surface area (Å²) >= 11 is 1.40. The van der Waals surface area contributed by atoms with Crippen molar-refractivity contribution in [1.82, 2.24) is 14.8 Å². The number of nitrogen functional groups attached to an aromatic ring is 1. The summed E-state index contributed by atoms with van der Waals surface area (Å²) in [5.41, 5.74) is 6.23. The maximum atomic E-state index is 13.7. The molecule has 0 aliphatic heterocycles. The Kier molecular flexibility index (Phi) is 3.61. The Balaban J connectivity index is 2.11. The van der Waals surface area contributed by atoms with Crippen LogP contribution in [0, 0.1) is 11.2 Å². The summed E-state index contributed by atoms with van der Waals surface area (Å²) in [7, 11) is 1.83. The van der Waals surface area contributed by atoms with E-state index < -0.39 is 0 Å². The average Bonchev–Trinajstić information content (AvgIpc) is 2.73. The molecule has 1 heterocycles. The van der Waals surface area contributed by atoms with Gasteiger partial charge in [-0.15, -0.1) is 10.2 Å². The Bertz CT molecular complexity index is 581. The first-order valence-electron chi connectivity index (χ1n) is 5.17. The Morgan fingerprint density at radius 2 is 2.33 bits per heavy atom. The number of halogens is 1. The molecule has 2 rings (SSSR count). The largest absolute Gasteiger partial charge is 0.384 e. The van der Waals surface area contributed by atoms with Gasteiger partial charge in [0.2, 0.25) is 0 Å². The minimum Gasteiger partial charge on any atom is -0.384 e. The molecule has 0 aliphatic rings. The lowest BCUT2D eigenvalue weighted by atomic mass is 10.1. The predicted octanol–water partition coefficient (Wildman–Crippen LogP) is 1.53. The number of rotatable bonds is 4. The minimum absolute atomic E-state index is 0.138. The van der Waals surface area contributed by atoms with E-state index in [2.05, 4.69) is 10.2 Å². The summed E-state index contributed by atoms with van der Waals surface area (Å²) in [6, 6.07) is 4.54. The number of nitrogens with two attached hydrogens (primary N) is 1. The highest BCUT2D eigenvalue weighted by Crippen LogP contribution is 2.22. The van der Waals surface area contributed by atoms with Crippen molar-refractivity contribution in [1.29, 1.82) is 5.41 Å². The molecule has 5 nitrogen and oxygen atoms in total. The summed E-state index contributed by atoms with van der Waals surface area (Å²) in [5, 5.41) is 15.6. The van der Waals surface area contributed by atoms with Gasteiger partial charge in [0.1, 0.15) is 18.0 Å². The first-order valence-corrected chi connectivity index (χ1v) is 6.16. The van der Waals surface area contributed by atoms with Gasteiger partial charge >= 0.3 is 0 Å². The van der Waals surface area contributed by atoms with Crippen molar-refractivity contribution in [2.24, 2.45) is 12.8 Å². The topological polar surface area (TPSA) is 80.6 Å². The van der Waals surface area contributed by atoms with Gasteiger partial charge in [0.15, 0.2) is 5.16 Å².